The van der Waals surface area contributed by atoms with Gasteiger partial charge in [0.25, 0.3) is 0 Å². The number of nitrogens with zero attached hydrogens (tertiary/aromatic N) is 2. The van der Waals surface area contributed by atoms with Gasteiger partial charge in [0.05, 0.1) is 37.0 Å². The van der Waals surface area contributed by atoms with Crippen LogP contribution in [0.2, 0.25) is 0 Å². The van der Waals surface area contributed by atoms with Crippen molar-refractivity contribution in [3.05, 3.63) is 119 Å². The molecule has 0 unspecified atom stereocenters. The van der Waals surface area contributed by atoms with Gasteiger partial charge in [-0.15, -0.1) is 0 Å². The van der Waals surface area contributed by atoms with E-state index in [9.17, 15) is 9.59 Å². The van der Waals surface area contributed by atoms with Crippen LogP contribution in [0.4, 0.5) is 0 Å². The molecule has 0 fully saturated rings. The van der Waals surface area contributed by atoms with Crippen molar-refractivity contribution in [1.29, 1.82) is 0 Å². The number of hydrogen-bond acceptors (Lipinski definition) is 6. The highest BCUT2D eigenvalue weighted by atomic mass is 16.5. The molecule has 2 aromatic carbocycles. The van der Waals surface area contributed by atoms with Crippen molar-refractivity contribution in [2.24, 2.45) is 0 Å². The smallest absolute Gasteiger partial charge is 0.305 e. The number of fused-ring (bicyclic) bond motifs is 8. The van der Waals surface area contributed by atoms with Crippen LogP contribution in [0.15, 0.2) is 84.9 Å². The zero-order chi connectivity index (χ0) is 37.9. The molecule has 274 valence electrons. The summed E-state index contributed by atoms with van der Waals surface area (Å²) in [7, 11) is 2.85. The molecule has 7 rings (SSSR count). The average molecular weight is 719 g/mol. The second kappa shape index (κ2) is 15.5. The Morgan fingerprint density at radius 2 is 0.926 bits per heavy atom. The molecule has 0 aliphatic carbocycles. The highest BCUT2D eigenvalue weighted by Crippen LogP contribution is 2.42. The quantitative estimate of drug-likeness (QED) is 0.139. The number of hydrogen-bond donors (Lipinski definition) is 2. The van der Waals surface area contributed by atoms with Crippen LogP contribution in [0.5, 0.6) is 0 Å². The summed E-state index contributed by atoms with van der Waals surface area (Å²) in [4.78, 5) is 43.1. The third-order valence-electron chi connectivity index (χ3n) is 10.7. The van der Waals surface area contributed by atoms with E-state index in [-0.39, 0.29) is 24.8 Å². The first-order chi connectivity index (χ1) is 26.2. The Morgan fingerprint density at radius 1 is 0.556 bits per heavy atom. The summed E-state index contributed by atoms with van der Waals surface area (Å²) in [6.45, 7) is 8.55. The number of methoxy groups -OCH3 is 2. The SMILES string of the molecule is CCc1c(CC)c2cc3nc(cc4[nH]c(cc5nc(cc1[nH]2)C(C)=C5CCC(=O)OC)c(-c1ccccc1)c4-c1ccccc1)C(CCC(=O)OC)=C3C. The number of benzene rings is 2. The molecule has 0 spiro atoms. The van der Waals surface area contributed by atoms with E-state index < -0.39 is 0 Å². The normalized spacial score (nSPS) is 12.7. The van der Waals surface area contributed by atoms with E-state index in [1.807, 2.05) is 12.1 Å². The number of nitrogens with one attached hydrogen (secondary N) is 2. The standard InChI is InChI=1S/C46H46N4O4/c1-7-31-32(8-2)38-24-36-28(4)34(20-22-44(52)54-6)40(48-36)26-42-46(30-17-13-10-14-18-30)45(29-15-11-9-12-16-29)41(50-42)25-39-33(19-21-43(51)53-5)27(3)35(47-39)23-37(31)49-38/h9-18,23-26,49-50H,7-8,19-22H2,1-6H3. The Balaban J connectivity index is 1.66. The van der Waals surface area contributed by atoms with Crippen LogP contribution in [0, 0.1) is 0 Å². The van der Waals surface area contributed by atoms with Crippen molar-refractivity contribution in [2.45, 2.75) is 66.2 Å². The minimum absolute atomic E-state index is 0.244. The molecular formula is C46H46N4O4. The average Bonchev–Trinajstić information content (AvgIpc) is 3.90. The number of allylic oxidation sites excluding steroid dienone is 4. The minimum Gasteiger partial charge on any atom is -0.469 e. The van der Waals surface area contributed by atoms with Crippen molar-refractivity contribution < 1.29 is 19.1 Å². The molecule has 54 heavy (non-hydrogen) atoms. The zero-order valence-corrected chi connectivity index (χ0v) is 31.9. The summed E-state index contributed by atoms with van der Waals surface area (Å²) in [5, 5.41) is 0. The van der Waals surface area contributed by atoms with Crippen LogP contribution >= 0.6 is 0 Å². The number of esters is 2. The predicted molar refractivity (Wildman–Crippen MR) is 218 cm³/mol. The molecule has 2 aliphatic rings. The number of aryl methyl sites for hydroxylation is 2. The monoisotopic (exact) mass is 718 g/mol. The van der Waals surface area contributed by atoms with Crippen LogP contribution < -0.4 is 0 Å². The number of rotatable bonds is 10. The molecule has 5 heterocycles. The molecule has 2 N–H and O–H groups in total. The van der Waals surface area contributed by atoms with Crippen LogP contribution in [0.3, 0.4) is 0 Å². The Hall–Kier alpha value is -6.02. The summed E-state index contributed by atoms with van der Waals surface area (Å²) < 4.78 is 10.1. The van der Waals surface area contributed by atoms with Gasteiger partial charge in [0.2, 0.25) is 0 Å². The molecule has 3 aromatic heterocycles. The lowest BCUT2D eigenvalue weighted by molar-refractivity contribution is -0.141. The molecule has 0 radical (unpaired) electrons. The Labute approximate surface area is 316 Å². The number of H-pyrrole nitrogens is 2. The maximum Gasteiger partial charge on any atom is 0.305 e. The Morgan fingerprint density at radius 3 is 1.30 bits per heavy atom. The highest BCUT2D eigenvalue weighted by Gasteiger charge is 2.23. The first-order valence-corrected chi connectivity index (χ1v) is 18.7. The first-order valence-electron chi connectivity index (χ1n) is 18.7. The molecule has 8 bridgehead atoms. The van der Waals surface area contributed by atoms with Crippen molar-refractivity contribution in [3.63, 3.8) is 0 Å². The van der Waals surface area contributed by atoms with Crippen LogP contribution in [-0.4, -0.2) is 46.1 Å². The van der Waals surface area contributed by atoms with Gasteiger partial charge in [-0.2, -0.15) is 0 Å². The third kappa shape index (κ3) is 6.92. The number of aromatic nitrogens is 4. The highest BCUT2D eigenvalue weighted by molar-refractivity contribution is 6.05. The summed E-state index contributed by atoms with van der Waals surface area (Å²) >= 11 is 0. The van der Waals surface area contributed by atoms with E-state index in [0.717, 1.165) is 102 Å². The van der Waals surface area contributed by atoms with Gasteiger partial charge in [-0.1, -0.05) is 74.5 Å². The van der Waals surface area contributed by atoms with E-state index in [0.29, 0.717) is 12.8 Å². The van der Waals surface area contributed by atoms with E-state index in [1.165, 1.54) is 25.3 Å². The maximum atomic E-state index is 12.5. The van der Waals surface area contributed by atoms with E-state index in [2.05, 4.69) is 110 Å². The van der Waals surface area contributed by atoms with Gasteiger partial charge in [0.15, 0.2) is 0 Å². The van der Waals surface area contributed by atoms with Crippen LogP contribution in [-0.2, 0) is 31.9 Å². The molecule has 8 nitrogen and oxygen atoms in total. The minimum atomic E-state index is -0.261. The summed E-state index contributed by atoms with van der Waals surface area (Å²) in [5.41, 5.74) is 17.8. The molecule has 8 heteroatoms. The lowest BCUT2D eigenvalue weighted by Gasteiger charge is -2.07. The molecule has 5 aromatic rings. The van der Waals surface area contributed by atoms with Crippen molar-refractivity contribution in [1.82, 2.24) is 19.9 Å². The molecule has 0 amide bonds. The van der Waals surface area contributed by atoms with E-state index in [4.69, 9.17) is 19.4 Å². The second-order valence-corrected chi connectivity index (χ2v) is 13.8. The number of carbonyl (C=O) groups is 2. The lowest BCUT2D eigenvalue weighted by atomic mass is 9.95. The number of aromatic amines is 2. The molecular weight excluding hydrogens is 673 g/mol. The predicted octanol–water partition coefficient (Wildman–Crippen LogP) is 10.5. The summed E-state index contributed by atoms with van der Waals surface area (Å²) in [6.07, 6.45) is 3.16. The Bertz CT molecular complexity index is 2320. The topological polar surface area (TPSA) is 110 Å². The summed E-state index contributed by atoms with van der Waals surface area (Å²) in [6, 6.07) is 29.3. The van der Waals surface area contributed by atoms with Gasteiger partial charge < -0.3 is 19.4 Å². The van der Waals surface area contributed by atoms with Crippen molar-refractivity contribution in [3.8, 4) is 22.3 Å². The van der Waals surface area contributed by atoms with E-state index >= 15 is 0 Å². The van der Waals surface area contributed by atoms with Gasteiger partial charge >= 0.3 is 11.9 Å². The molecule has 0 saturated carbocycles. The van der Waals surface area contributed by atoms with Crippen molar-refractivity contribution in [2.75, 3.05) is 14.2 Å². The largest absolute Gasteiger partial charge is 0.469 e. The Kier molecular flexibility index (Phi) is 10.4. The van der Waals surface area contributed by atoms with Gasteiger partial charge in [-0.3, -0.25) is 9.59 Å². The van der Waals surface area contributed by atoms with Crippen LogP contribution in [0.25, 0.3) is 66.6 Å². The van der Waals surface area contributed by atoms with Crippen LogP contribution in [0.1, 0.15) is 87.3 Å². The van der Waals surface area contributed by atoms with Gasteiger partial charge in [0, 0.05) is 46.0 Å². The number of carbonyl (C=O) groups excluding carboxylic acids is 2. The molecule has 0 atom stereocenters. The zero-order valence-electron chi connectivity index (χ0n) is 31.9. The molecule has 2 aliphatic heterocycles. The first kappa shape index (κ1) is 36.3. The fourth-order valence-corrected chi connectivity index (χ4v) is 7.85. The van der Waals surface area contributed by atoms with Gasteiger partial charge in [-0.05, 0) is 108 Å². The fraction of sp³-hybridized carbons (Fsp3) is 0.261. The second-order valence-electron chi connectivity index (χ2n) is 13.8. The van der Waals surface area contributed by atoms with E-state index in [1.54, 1.807) is 0 Å². The number of ether oxygens (including phenoxy) is 2. The molecule has 0 saturated heterocycles. The third-order valence-corrected chi connectivity index (χ3v) is 10.7. The fourth-order valence-electron chi connectivity index (χ4n) is 7.85. The van der Waals surface area contributed by atoms with Crippen molar-refractivity contribution >= 4 is 56.3 Å². The van der Waals surface area contributed by atoms with Gasteiger partial charge in [-0.25, -0.2) is 9.97 Å². The van der Waals surface area contributed by atoms with Gasteiger partial charge in [0.1, 0.15) is 0 Å². The lowest BCUT2D eigenvalue weighted by Crippen LogP contribution is -2.00. The summed E-state index contributed by atoms with van der Waals surface area (Å²) in [5.74, 6) is -0.521. The maximum absolute atomic E-state index is 12.5.